The summed E-state index contributed by atoms with van der Waals surface area (Å²) in [6.07, 6.45) is -0.169. The summed E-state index contributed by atoms with van der Waals surface area (Å²) in [7, 11) is 0. The zero-order valence-corrected chi connectivity index (χ0v) is 17.5. The number of amides is 1. The van der Waals surface area contributed by atoms with Crippen LogP contribution in [-0.4, -0.2) is 53.1 Å². The highest BCUT2D eigenvalue weighted by Crippen LogP contribution is 2.48. The first-order chi connectivity index (χ1) is 15.2. The lowest BCUT2D eigenvalue weighted by molar-refractivity contribution is -0.0985. The van der Waals surface area contributed by atoms with Gasteiger partial charge in [0, 0.05) is 33.1 Å². The number of carbonyl (C=O) groups is 1. The van der Waals surface area contributed by atoms with Crippen molar-refractivity contribution in [3.05, 3.63) is 29.6 Å². The van der Waals surface area contributed by atoms with Gasteiger partial charge in [0.2, 0.25) is 0 Å². The van der Waals surface area contributed by atoms with Gasteiger partial charge in [-0.15, -0.1) is 0 Å². The summed E-state index contributed by atoms with van der Waals surface area (Å²) in [6.45, 7) is 3.55. The molecule has 0 radical (unpaired) electrons. The van der Waals surface area contributed by atoms with Gasteiger partial charge in [-0.05, 0) is 37.0 Å². The van der Waals surface area contributed by atoms with E-state index in [1.165, 1.54) is 0 Å². The average Bonchev–Trinajstić information content (AvgIpc) is 2.76. The van der Waals surface area contributed by atoms with E-state index >= 15 is 4.39 Å². The van der Waals surface area contributed by atoms with Crippen molar-refractivity contribution in [1.82, 2.24) is 20.3 Å². The largest absolute Gasteiger partial charge is 0.434 e. The number of piperazine rings is 1. The van der Waals surface area contributed by atoms with Crippen LogP contribution in [0.3, 0.4) is 0 Å². The minimum absolute atomic E-state index is 0.0627. The maximum absolute atomic E-state index is 15.4. The Balaban J connectivity index is 1.67. The van der Waals surface area contributed by atoms with Crippen LogP contribution in [0.4, 0.5) is 29.6 Å². The van der Waals surface area contributed by atoms with Crippen molar-refractivity contribution in [2.75, 3.05) is 36.4 Å². The summed E-state index contributed by atoms with van der Waals surface area (Å²) in [4.78, 5) is 26.7. The Morgan fingerprint density at radius 1 is 1.22 bits per heavy atom. The van der Waals surface area contributed by atoms with E-state index in [-0.39, 0.29) is 22.8 Å². The van der Waals surface area contributed by atoms with Gasteiger partial charge in [0.1, 0.15) is 29.3 Å². The van der Waals surface area contributed by atoms with Crippen LogP contribution >= 0.6 is 0 Å². The molecule has 1 amide bonds. The van der Waals surface area contributed by atoms with Crippen LogP contribution in [0.25, 0.3) is 11.4 Å². The molecular weight excluding hydrogens is 425 g/mol. The molecule has 0 bridgehead atoms. The number of pyridine rings is 1. The molecule has 1 aliphatic carbocycles. The van der Waals surface area contributed by atoms with Crippen LogP contribution in [0.1, 0.15) is 43.4 Å². The molecule has 4 heterocycles. The monoisotopic (exact) mass is 448 g/mol. The fraction of sp³-hybridized carbons (Fsp3) is 0.524. The smallest absolute Gasteiger partial charge is 0.413 e. The third-order valence-corrected chi connectivity index (χ3v) is 6.21. The molecule has 0 unspecified atom stereocenters. The van der Waals surface area contributed by atoms with Gasteiger partial charge in [-0.3, -0.25) is 5.32 Å². The van der Waals surface area contributed by atoms with E-state index < -0.39 is 23.8 Å². The summed E-state index contributed by atoms with van der Waals surface area (Å²) in [5.74, 6) is -2.89. The van der Waals surface area contributed by atoms with Crippen LogP contribution in [0.15, 0.2) is 18.5 Å². The van der Waals surface area contributed by atoms with Gasteiger partial charge in [-0.1, -0.05) is 0 Å². The highest BCUT2D eigenvalue weighted by Gasteiger charge is 2.46. The molecule has 2 aromatic heterocycles. The van der Waals surface area contributed by atoms with Gasteiger partial charge >= 0.3 is 6.09 Å². The number of fused-ring (bicyclic) bond motifs is 1. The SMILES string of the molecule is CC(F)(F)[C@@H]1OC(=O)Nc2ncnc(-c3cc(C4(F)CCC4)cc(N4CCNCC4)n3)c21. The second-order valence-electron chi connectivity index (χ2n) is 8.51. The van der Waals surface area contributed by atoms with Gasteiger partial charge in [0.25, 0.3) is 5.92 Å². The van der Waals surface area contributed by atoms with E-state index in [4.69, 9.17) is 4.74 Å². The van der Waals surface area contributed by atoms with Gasteiger partial charge in [-0.2, -0.15) is 0 Å². The van der Waals surface area contributed by atoms with Gasteiger partial charge in [0.15, 0.2) is 6.10 Å². The first-order valence-electron chi connectivity index (χ1n) is 10.6. The summed E-state index contributed by atoms with van der Waals surface area (Å²) in [5, 5.41) is 5.61. The number of hydrogen-bond donors (Lipinski definition) is 2. The average molecular weight is 448 g/mol. The van der Waals surface area contributed by atoms with Crippen LogP contribution in [0.5, 0.6) is 0 Å². The third kappa shape index (κ3) is 3.64. The first-order valence-corrected chi connectivity index (χ1v) is 10.6. The Labute approximate surface area is 182 Å². The fourth-order valence-electron chi connectivity index (χ4n) is 4.32. The number of halogens is 3. The van der Waals surface area contributed by atoms with Crippen molar-refractivity contribution in [3.8, 4) is 11.4 Å². The number of aromatic nitrogens is 3. The number of ether oxygens (including phenoxy) is 1. The molecule has 5 rings (SSSR count). The minimum Gasteiger partial charge on any atom is -0.434 e. The van der Waals surface area contributed by atoms with Crippen molar-refractivity contribution in [2.45, 2.75) is 43.9 Å². The number of nitrogens with one attached hydrogen (secondary N) is 2. The van der Waals surface area contributed by atoms with Gasteiger partial charge in [-0.25, -0.2) is 32.9 Å². The normalized spacial score (nSPS) is 22.4. The lowest BCUT2D eigenvalue weighted by atomic mass is 9.76. The van der Waals surface area contributed by atoms with Crippen molar-refractivity contribution < 1.29 is 22.7 Å². The second-order valence-corrected chi connectivity index (χ2v) is 8.51. The van der Waals surface area contributed by atoms with Gasteiger partial charge < -0.3 is 15.0 Å². The lowest BCUT2D eigenvalue weighted by Gasteiger charge is -2.36. The number of rotatable bonds is 4. The molecule has 32 heavy (non-hydrogen) atoms. The Morgan fingerprint density at radius 2 is 1.97 bits per heavy atom. The highest BCUT2D eigenvalue weighted by molar-refractivity contribution is 5.88. The number of anilines is 2. The van der Waals surface area contributed by atoms with Crippen LogP contribution in [0, 0.1) is 0 Å². The quantitative estimate of drug-likeness (QED) is 0.739. The molecule has 2 aliphatic heterocycles. The highest BCUT2D eigenvalue weighted by atomic mass is 19.3. The van der Waals surface area contributed by atoms with E-state index in [2.05, 4.69) is 25.6 Å². The summed E-state index contributed by atoms with van der Waals surface area (Å²) in [6, 6.07) is 3.31. The molecule has 8 nitrogen and oxygen atoms in total. The maximum atomic E-state index is 15.4. The number of cyclic esters (lactones) is 1. The maximum Gasteiger partial charge on any atom is 0.413 e. The molecule has 1 atom stereocenters. The number of nitrogens with zero attached hydrogens (tertiary/aromatic N) is 4. The second kappa shape index (κ2) is 7.58. The molecule has 1 saturated carbocycles. The number of alkyl halides is 3. The van der Waals surface area contributed by atoms with Crippen LogP contribution < -0.4 is 15.5 Å². The van der Waals surface area contributed by atoms with Crippen LogP contribution in [-0.2, 0) is 10.4 Å². The Bertz CT molecular complexity index is 1050. The van der Waals surface area contributed by atoms with Crippen molar-refractivity contribution >= 4 is 17.7 Å². The van der Waals surface area contributed by atoms with E-state index in [0.717, 1.165) is 25.8 Å². The van der Waals surface area contributed by atoms with Gasteiger partial charge in [0.05, 0.1) is 11.3 Å². The first kappa shape index (κ1) is 20.9. The molecule has 2 N–H and O–H groups in total. The topological polar surface area (TPSA) is 92.3 Å². The molecule has 1 saturated heterocycles. The Hall–Kier alpha value is -2.95. The third-order valence-electron chi connectivity index (χ3n) is 6.21. The zero-order valence-electron chi connectivity index (χ0n) is 17.5. The standard InChI is InChI=1S/C21H23F3N6O2/c1-20(22,23)17-15-16(26-11-27-18(15)29-19(31)32-17)13-9-12(21(24)3-2-4-21)10-14(28-13)30-7-5-25-6-8-30/h9-11,17,25H,2-8H2,1H3,(H,26,27,29,31)/t17-/m1/s1. The van der Waals surface area contributed by atoms with Crippen LogP contribution in [0.2, 0.25) is 0 Å². The Morgan fingerprint density at radius 3 is 2.62 bits per heavy atom. The van der Waals surface area contributed by atoms with E-state index in [9.17, 15) is 13.6 Å². The summed E-state index contributed by atoms with van der Waals surface area (Å²) >= 11 is 0. The van der Waals surface area contributed by atoms with E-state index in [1.54, 1.807) is 12.1 Å². The molecule has 0 spiro atoms. The lowest BCUT2D eigenvalue weighted by Crippen LogP contribution is -2.44. The predicted octanol–water partition coefficient (Wildman–Crippen LogP) is 3.56. The Kier molecular flexibility index (Phi) is 4.95. The van der Waals surface area contributed by atoms with E-state index in [0.29, 0.717) is 44.2 Å². The minimum atomic E-state index is -3.39. The zero-order chi connectivity index (χ0) is 22.5. The van der Waals surface area contributed by atoms with Crippen molar-refractivity contribution in [1.29, 1.82) is 0 Å². The predicted molar refractivity (Wildman–Crippen MR) is 110 cm³/mol. The van der Waals surface area contributed by atoms with Crippen molar-refractivity contribution in [3.63, 3.8) is 0 Å². The molecule has 2 fully saturated rings. The number of carbonyl (C=O) groups excluding carboxylic acids is 1. The summed E-state index contributed by atoms with van der Waals surface area (Å²) in [5.41, 5.74) is -0.769. The van der Waals surface area contributed by atoms with E-state index in [1.807, 2.05) is 4.90 Å². The molecule has 2 aromatic rings. The molecular formula is C21H23F3N6O2. The number of hydrogen-bond acceptors (Lipinski definition) is 7. The summed E-state index contributed by atoms with van der Waals surface area (Å²) < 4.78 is 49.2. The van der Waals surface area contributed by atoms with Crippen molar-refractivity contribution in [2.24, 2.45) is 0 Å². The molecule has 0 aromatic carbocycles. The molecule has 170 valence electrons. The fourth-order valence-corrected chi connectivity index (χ4v) is 4.32. The molecule has 3 aliphatic rings. The molecule has 11 heteroatoms.